The zero-order chi connectivity index (χ0) is 14.9. The Bertz CT molecular complexity index is 575. The van der Waals surface area contributed by atoms with Gasteiger partial charge in [0.05, 0.1) is 0 Å². The zero-order valence-electron chi connectivity index (χ0n) is 14.0. The van der Waals surface area contributed by atoms with Crippen LogP contribution < -0.4 is 5.32 Å². The number of fused-ring (bicyclic) bond motifs is 1. The van der Waals surface area contributed by atoms with Crippen LogP contribution >= 0.6 is 24.8 Å². The third kappa shape index (κ3) is 3.81. The fourth-order valence-corrected chi connectivity index (χ4v) is 4.13. The SMILES string of the molecule is Cl.Cl.O=C(c1ccc2c(c1)CCN2)N1CCC(N2CCCCC2)C1. The number of benzene rings is 1. The van der Waals surface area contributed by atoms with Crippen molar-refractivity contribution < 1.29 is 4.79 Å². The molecule has 0 aliphatic carbocycles. The number of halogens is 2. The molecule has 134 valence electrons. The minimum absolute atomic E-state index is 0. The average molecular weight is 372 g/mol. The summed E-state index contributed by atoms with van der Waals surface area (Å²) >= 11 is 0. The predicted octanol–water partition coefficient (Wildman–Crippen LogP) is 3.20. The first-order valence-electron chi connectivity index (χ1n) is 8.71. The van der Waals surface area contributed by atoms with Crippen LogP contribution in [0.2, 0.25) is 0 Å². The van der Waals surface area contributed by atoms with Gasteiger partial charge in [0.1, 0.15) is 0 Å². The Morgan fingerprint density at radius 1 is 1.08 bits per heavy atom. The lowest BCUT2D eigenvalue weighted by molar-refractivity contribution is 0.0771. The highest BCUT2D eigenvalue weighted by molar-refractivity contribution is 5.95. The smallest absolute Gasteiger partial charge is 0.253 e. The van der Waals surface area contributed by atoms with Crippen LogP contribution in [0.4, 0.5) is 5.69 Å². The van der Waals surface area contributed by atoms with E-state index in [0.717, 1.165) is 38.0 Å². The maximum atomic E-state index is 12.8. The number of carbonyl (C=O) groups excluding carboxylic acids is 1. The minimum atomic E-state index is 0. The Labute approximate surface area is 156 Å². The van der Waals surface area contributed by atoms with Gasteiger partial charge in [0.15, 0.2) is 0 Å². The molecule has 3 aliphatic heterocycles. The number of nitrogens with zero attached hydrogens (tertiary/aromatic N) is 2. The summed E-state index contributed by atoms with van der Waals surface area (Å²) in [6, 6.07) is 6.72. The standard InChI is InChI=1S/C18H25N3O.2ClH/c22-18(15-4-5-17-14(12-15)6-8-19-17)21-11-7-16(13-21)20-9-2-1-3-10-20;;/h4-5,12,16,19H,1-3,6-11,13H2;2*1H. The van der Waals surface area contributed by atoms with E-state index in [2.05, 4.69) is 27.2 Å². The predicted molar refractivity (Wildman–Crippen MR) is 103 cm³/mol. The number of hydrogen-bond donors (Lipinski definition) is 1. The molecule has 1 aromatic rings. The first-order chi connectivity index (χ1) is 10.8. The van der Waals surface area contributed by atoms with Gasteiger partial charge in [0.25, 0.3) is 5.91 Å². The number of likely N-dealkylation sites (tertiary alicyclic amines) is 2. The average Bonchev–Trinajstić information content (AvgIpc) is 3.23. The molecule has 3 aliphatic rings. The molecule has 1 N–H and O–H groups in total. The summed E-state index contributed by atoms with van der Waals surface area (Å²) in [5.74, 6) is 0.217. The van der Waals surface area contributed by atoms with E-state index in [0.29, 0.717) is 6.04 Å². The van der Waals surface area contributed by atoms with Gasteiger partial charge in [0, 0.05) is 36.9 Å². The van der Waals surface area contributed by atoms with E-state index in [4.69, 9.17) is 0 Å². The molecule has 4 rings (SSSR count). The lowest BCUT2D eigenvalue weighted by Crippen LogP contribution is -2.41. The molecular weight excluding hydrogens is 345 g/mol. The van der Waals surface area contributed by atoms with Gasteiger partial charge in [-0.2, -0.15) is 0 Å². The molecule has 3 heterocycles. The molecule has 6 heteroatoms. The zero-order valence-corrected chi connectivity index (χ0v) is 15.6. The highest BCUT2D eigenvalue weighted by Crippen LogP contribution is 2.25. The van der Waals surface area contributed by atoms with E-state index in [9.17, 15) is 4.79 Å². The maximum absolute atomic E-state index is 12.8. The second-order valence-corrected chi connectivity index (χ2v) is 6.84. The monoisotopic (exact) mass is 371 g/mol. The Kier molecular flexibility index (Phi) is 6.79. The minimum Gasteiger partial charge on any atom is -0.384 e. The normalized spacial score (nSPS) is 23.0. The summed E-state index contributed by atoms with van der Waals surface area (Å²) in [6.07, 6.45) is 6.19. The van der Waals surface area contributed by atoms with E-state index < -0.39 is 0 Å². The van der Waals surface area contributed by atoms with Gasteiger partial charge in [-0.25, -0.2) is 0 Å². The number of anilines is 1. The summed E-state index contributed by atoms with van der Waals surface area (Å²) in [7, 11) is 0. The molecule has 0 radical (unpaired) electrons. The van der Waals surface area contributed by atoms with Gasteiger partial charge in [-0.3, -0.25) is 9.69 Å². The van der Waals surface area contributed by atoms with Crippen LogP contribution in [0.1, 0.15) is 41.6 Å². The lowest BCUT2D eigenvalue weighted by atomic mass is 10.1. The molecule has 0 aromatic heterocycles. The van der Waals surface area contributed by atoms with Crippen LogP contribution in [-0.2, 0) is 6.42 Å². The van der Waals surface area contributed by atoms with Gasteiger partial charge in [-0.05, 0) is 62.5 Å². The third-order valence-corrected chi connectivity index (χ3v) is 5.42. The topological polar surface area (TPSA) is 35.6 Å². The van der Waals surface area contributed by atoms with Crippen molar-refractivity contribution in [3.05, 3.63) is 29.3 Å². The van der Waals surface area contributed by atoms with Crippen LogP contribution in [-0.4, -0.2) is 54.5 Å². The molecule has 1 unspecified atom stereocenters. The molecule has 4 nitrogen and oxygen atoms in total. The van der Waals surface area contributed by atoms with Crippen molar-refractivity contribution in [2.24, 2.45) is 0 Å². The first-order valence-corrected chi connectivity index (χ1v) is 8.71. The molecule has 24 heavy (non-hydrogen) atoms. The van der Waals surface area contributed by atoms with Crippen LogP contribution in [0.15, 0.2) is 18.2 Å². The second-order valence-electron chi connectivity index (χ2n) is 6.84. The fraction of sp³-hybridized carbons (Fsp3) is 0.611. The van der Waals surface area contributed by atoms with Crippen molar-refractivity contribution in [2.45, 2.75) is 38.1 Å². The van der Waals surface area contributed by atoms with E-state index >= 15 is 0 Å². The van der Waals surface area contributed by atoms with Crippen LogP contribution in [0.5, 0.6) is 0 Å². The van der Waals surface area contributed by atoms with Gasteiger partial charge < -0.3 is 10.2 Å². The van der Waals surface area contributed by atoms with E-state index in [1.165, 1.54) is 43.6 Å². The molecule has 1 aromatic carbocycles. The summed E-state index contributed by atoms with van der Waals surface area (Å²) in [5.41, 5.74) is 3.35. The van der Waals surface area contributed by atoms with Crippen LogP contribution in [0, 0.1) is 0 Å². The second kappa shape index (κ2) is 8.41. The van der Waals surface area contributed by atoms with Crippen molar-refractivity contribution >= 4 is 36.4 Å². The quantitative estimate of drug-likeness (QED) is 0.866. The number of carbonyl (C=O) groups is 1. The third-order valence-electron chi connectivity index (χ3n) is 5.42. The fourth-order valence-electron chi connectivity index (χ4n) is 4.13. The Balaban J connectivity index is 0.00000104. The summed E-state index contributed by atoms with van der Waals surface area (Å²) in [6.45, 7) is 5.26. The van der Waals surface area contributed by atoms with Gasteiger partial charge in [-0.15, -0.1) is 24.8 Å². The molecular formula is C18H27Cl2N3O. The van der Waals surface area contributed by atoms with Crippen LogP contribution in [0.25, 0.3) is 0 Å². The lowest BCUT2D eigenvalue weighted by Gasteiger charge is -2.32. The number of rotatable bonds is 2. The number of hydrogen-bond acceptors (Lipinski definition) is 3. The van der Waals surface area contributed by atoms with Gasteiger partial charge in [0.2, 0.25) is 0 Å². The van der Waals surface area contributed by atoms with E-state index in [-0.39, 0.29) is 30.7 Å². The molecule has 1 amide bonds. The molecule has 1 atom stereocenters. The van der Waals surface area contributed by atoms with Crippen molar-refractivity contribution in [1.82, 2.24) is 9.80 Å². The maximum Gasteiger partial charge on any atom is 0.253 e. The molecule has 0 bridgehead atoms. The molecule has 0 saturated carbocycles. The Morgan fingerprint density at radius 3 is 2.67 bits per heavy atom. The Morgan fingerprint density at radius 2 is 1.88 bits per heavy atom. The van der Waals surface area contributed by atoms with Gasteiger partial charge in [-0.1, -0.05) is 6.42 Å². The number of nitrogens with one attached hydrogen (secondary N) is 1. The van der Waals surface area contributed by atoms with Crippen molar-refractivity contribution in [2.75, 3.05) is 38.0 Å². The molecule has 2 fully saturated rings. The highest BCUT2D eigenvalue weighted by atomic mass is 35.5. The summed E-state index contributed by atoms with van der Waals surface area (Å²) < 4.78 is 0. The highest BCUT2D eigenvalue weighted by Gasteiger charge is 2.31. The number of amides is 1. The van der Waals surface area contributed by atoms with E-state index in [1.807, 2.05) is 6.07 Å². The van der Waals surface area contributed by atoms with Crippen molar-refractivity contribution in [3.63, 3.8) is 0 Å². The largest absolute Gasteiger partial charge is 0.384 e. The molecule has 2 saturated heterocycles. The Hall–Kier alpha value is -0.970. The summed E-state index contributed by atoms with van der Waals surface area (Å²) in [4.78, 5) is 17.4. The van der Waals surface area contributed by atoms with Crippen molar-refractivity contribution in [1.29, 1.82) is 0 Å². The van der Waals surface area contributed by atoms with Crippen LogP contribution in [0.3, 0.4) is 0 Å². The first kappa shape index (κ1) is 19.4. The van der Waals surface area contributed by atoms with Crippen molar-refractivity contribution in [3.8, 4) is 0 Å². The number of piperidine rings is 1. The van der Waals surface area contributed by atoms with E-state index in [1.54, 1.807) is 0 Å². The summed E-state index contributed by atoms with van der Waals surface area (Å²) in [5, 5.41) is 3.35. The van der Waals surface area contributed by atoms with Gasteiger partial charge >= 0.3 is 0 Å². The molecule has 0 spiro atoms.